The van der Waals surface area contributed by atoms with Gasteiger partial charge < -0.3 is 19.8 Å². The van der Waals surface area contributed by atoms with Crippen molar-refractivity contribution in [3.63, 3.8) is 0 Å². The van der Waals surface area contributed by atoms with Crippen molar-refractivity contribution in [2.75, 3.05) is 26.6 Å². The van der Waals surface area contributed by atoms with Crippen LogP contribution in [0.15, 0.2) is 18.2 Å². The number of benzene rings is 1. The second kappa shape index (κ2) is 5.48. The van der Waals surface area contributed by atoms with Crippen LogP contribution < -0.4 is 10.5 Å². The van der Waals surface area contributed by atoms with Crippen molar-refractivity contribution in [3.05, 3.63) is 18.2 Å². The summed E-state index contributed by atoms with van der Waals surface area (Å²) < 4.78 is 12.6. The largest absolute Gasteiger partial charge is 0.497 e. The van der Waals surface area contributed by atoms with E-state index in [1.807, 2.05) is 22.8 Å². The quantitative estimate of drug-likeness (QED) is 0.900. The Morgan fingerprint density at radius 2 is 2.05 bits per heavy atom. The second-order valence-electron chi connectivity index (χ2n) is 4.96. The van der Waals surface area contributed by atoms with Crippen molar-refractivity contribution < 1.29 is 9.47 Å². The molecule has 19 heavy (non-hydrogen) atoms. The molecule has 2 rings (SSSR count). The van der Waals surface area contributed by atoms with Crippen molar-refractivity contribution in [3.8, 4) is 5.75 Å². The summed E-state index contributed by atoms with van der Waals surface area (Å²) in [5.74, 6) is 1.70. The molecule has 1 unspecified atom stereocenters. The highest BCUT2D eigenvalue weighted by Gasteiger charge is 2.21. The van der Waals surface area contributed by atoms with Crippen LogP contribution in [-0.2, 0) is 4.74 Å². The number of hydrogen-bond donors (Lipinski definition) is 1. The number of methoxy groups -OCH3 is 2. The summed E-state index contributed by atoms with van der Waals surface area (Å²) >= 11 is 0. The topological polar surface area (TPSA) is 62.3 Å². The SMILES string of the molecule is COCC(C(C)C)n1c(N)nc2cc(OC)ccc21. The van der Waals surface area contributed by atoms with Gasteiger partial charge in [-0.25, -0.2) is 4.98 Å². The molecule has 0 saturated heterocycles. The van der Waals surface area contributed by atoms with E-state index in [1.54, 1.807) is 14.2 Å². The third-order valence-electron chi connectivity index (χ3n) is 3.36. The molecule has 0 aliphatic carbocycles. The molecule has 0 aliphatic heterocycles. The maximum Gasteiger partial charge on any atom is 0.201 e. The molecule has 1 heterocycles. The van der Waals surface area contributed by atoms with Crippen molar-refractivity contribution in [2.45, 2.75) is 19.9 Å². The Morgan fingerprint density at radius 1 is 1.32 bits per heavy atom. The van der Waals surface area contributed by atoms with Gasteiger partial charge >= 0.3 is 0 Å². The summed E-state index contributed by atoms with van der Waals surface area (Å²) in [7, 11) is 3.34. The van der Waals surface area contributed by atoms with E-state index in [1.165, 1.54) is 0 Å². The summed E-state index contributed by atoms with van der Waals surface area (Å²) in [4.78, 5) is 4.41. The lowest BCUT2D eigenvalue weighted by molar-refractivity contribution is 0.136. The second-order valence-corrected chi connectivity index (χ2v) is 4.96. The molecular formula is C14H21N3O2. The lowest BCUT2D eigenvalue weighted by Crippen LogP contribution is -2.21. The van der Waals surface area contributed by atoms with Crippen LogP contribution in [0, 0.1) is 5.92 Å². The van der Waals surface area contributed by atoms with Gasteiger partial charge in [0.25, 0.3) is 0 Å². The first-order valence-electron chi connectivity index (χ1n) is 6.38. The van der Waals surface area contributed by atoms with E-state index in [0.29, 0.717) is 18.5 Å². The number of hydrogen-bond acceptors (Lipinski definition) is 4. The number of ether oxygens (including phenoxy) is 2. The minimum atomic E-state index is 0.170. The summed E-state index contributed by atoms with van der Waals surface area (Å²) in [6, 6.07) is 5.97. The molecule has 0 spiro atoms. The monoisotopic (exact) mass is 263 g/mol. The molecule has 0 radical (unpaired) electrons. The molecule has 0 fully saturated rings. The minimum absolute atomic E-state index is 0.170. The van der Waals surface area contributed by atoms with Gasteiger partial charge in [-0.05, 0) is 18.1 Å². The van der Waals surface area contributed by atoms with Gasteiger partial charge in [0.2, 0.25) is 5.95 Å². The molecule has 0 amide bonds. The smallest absolute Gasteiger partial charge is 0.201 e. The lowest BCUT2D eigenvalue weighted by Gasteiger charge is -2.23. The van der Waals surface area contributed by atoms with Crippen LogP contribution in [0.5, 0.6) is 5.75 Å². The maximum atomic E-state index is 6.07. The molecule has 1 aromatic carbocycles. The van der Waals surface area contributed by atoms with Gasteiger partial charge in [0.05, 0.1) is 30.8 Å². The molecule has 0 bridgehead atoms. The van der Waals surface area contributed by atoms with E-state index < -0.39 is 0 Å². The van der Waals surface area contributed by atoms with Crippen LogP contribution in [0.1, 0.15) is 19.9 Å². The normalized spacial score (nSPS) is 13.1. The number of aromatic nitrogens is 2. The number of nitrogen functional groups attached to an aromatic ring is 1. The van der Waals surface area contributed by atoms with Crippen LogP contribution >= 0.6 is 0 Å². The Kier molecular flexibility index (Phi) is 3.95. The van der Waals surface area contributed by atoms with Crippen molar-refractivity contribution >= 4 is 17.0 Å². The van der Waals surface area contributed by atoms with E-state index in [-0.39, 0.29) is 6.04 Å². The van der Waals surface area contributed by atoms with Gasteiger partial charge in [-0.3, -0.25) is 0 Å². The Labute approximate surface area is 113 Å². The fourth-order valence-corrected chi connectivity index (χ4v) is 2.31. The van der Waals surface area contributed by atoms with E-state index in [2.05, 4.69) is 18.8 Å². The maximum absolute atomic E-state index is 6.07. The number of fused-ring (bicyclic) bond motifs is 1. The molecule has 1 atom stereocenters. The van der Waals surface area contributed by atoms with E-state index in [0.717, 1.165) is 16.8 Å². The van der Waals surface area contributed by atoms with Gasteiger partial charge in [0, 0.05) is 13.2 Å². The third kappa shape index (κ3) is 2.51. The Bertz CT molecular complexity index is 563. The van der Waals surface area contributed by atoms with E-state index >= 15 is 0 Å². The molecule has 104 valence electrons. The first kappa shape index (κ1) is 13.7. The predicted molar refractivity (Wildman–Crippen MR) is 76.4 cm³/mol. The van der Waals surface area contributed by atoms with Crippen molar-refractivity contribution in [1.29, 1.82) is 0 Å². The highest BCUT2D eigenvalue weighted by atomic mass is 16.5. The average Bonchev–Trinajstić information content (AvgIpc) is 2.70. The fourth-order valence-electron chi connectivity index (χ4n) is 2.31. The van der Waals surface area contributed by atoms with Crippen molar-refractivity contribution in [1.82, 2.24) is 9.55 Å². The summed E-state index contributed by atoms with van der Waals surface area (Å²) in [5, 5.41) is 0. The minimum Gasteiger partial charge on any atom is -0.497 e. The molecule has 0 saturated carbocycles. The third-order valence-corrected chi connectivity index (χ3v) is 3.36. The lowest BCUT2D eigenvalue weighted by atomic mass is 10.0. The highest BCUT2D eigenvalue weighted by molar-refractivity contribution is 5.80. The van der Waals surface area contributed by atoms with E-state index in [9.17, 15) is 0 Å². The first-order valence-corrected chi connectivity index (χ1v) is 6.38. The molecule has 5 nitrogen and oxygen atoms in total. The zero-order valence-corrected chi connectivity index (χ0v) is 11.9. The van der Waals surface area contributed by atoms with E-state index in [4.69, 9.17) is 15.2 Å². The average molecular weight is 263 g/mol. The number of nitrogens with two attached hydrogens (primary N) is 1. The Balaban J connectivity index is 2.55. The first-order chi connectivity index (χ1) is 9.08. The van der Waals surface area contributed by atoms with Gasteiger partial charge in [-0.1, -0.05) is 13.8 Å². The summed E-state index contributed by atoms with van der Waals surface area (Å²) in [5.41, 5.74) is 7.92. The van der Waals surface area contributed by atoms with Crippen LogP contribution in [0.3, 0.4) is 0 Å². The van der Waals surface area contributed by atoms with Gasteiger partial charge in [0.15, 0.2) is 0 Å². The Hall–Kier alpha value is -1.75. The Morgan fingerprint density at radius 3 is 2.63 bits per heavy atom. The molecule has 2 aromatic rings. The highest BCUT2D eigenvalue weighted by Crippen LogP contribution is 2.29. The molecule has 2 N–H and O–H groups in total. The van der Waals surface area contributed by atoms with Crippen LogP contribution in [-0.4, -0.2) is 30.4 Å². The standard InChI is InChI=1S/C14H21N3O2/c1-9(2)13(8-18-3)17-12-6-5-10(19-4)7-11(12)16-14(17)15/h5-7,9,13H,8H2,1-4H3,(H2,15,16). The van der Waals surface area contributed by atoms with Gasteiger partial charge in [-0.15, -0.1) is 0 Å². The zero-order chi connectivity index (χ0) is 14.0. The molecule has 5 heteroatoms. The predicted octanol–water partition coefficient (Wildman–Crippen LogP) is 2.47. The number of rotatable bonds is 5. The molecule has 0 aliphatic rings. The summed E-state index contributed by atoms with van der Waals surface area (Å²) in [6.07, 6.45) is 0. The molecular weight excluding hydrogens is 242 g/mol. The fraction of sp³-hybridized carbons (Fsp3) is 0.500. The van der Waals surface area contributed by atoms with Crippen LogP contribution in [0.2, 0.25) is 0 Å². The number of nitrogens with zero attached hydrogens (tertiary/aromatic N) is 2. The molecule has 1 aromatic heterocycles. The number of imidazole rings is 1. The summed E-state index contributed by atoms with van der Waals surface area (Å²) in [6.45, 7) is 4.91. The zero-order valence-electron chi connectivity index (χ0n) is 11.9. The van der Waals surface area contributed by atoms with Crippen LogP contribution in [0.4, 0.5) is 5.95 Å². The number of anilines is 1. The van der Waals surface area contributed by atoms with Gasteiger partial charge in [-0.2, -0.15) is 0 Å². The van der Waals surface area contributed by atoms with Crippen LogP contribution in [0.25, 0.3) is 11.0 Å². The van der Waals surface area contributed by atoms with Gasteiger partial charge in [0.1, 0.15) is 5.75 Å². The van der Waals surface area contributed by atoms with Crippen molar-refractivity contribution in [2.24, 2.45) is 5.92 Å².